The average Bonchev–Trinajstić information content (AvgIpc) is 2.70. The summed E-state index contributed by atoms with van der Waals surface area (Å²) in [5, 5.41) is 9.08. The van der Waals surface area contributed by atoms with Crippen LogP contribution in [0, 0.1) is 5.92 Å². The summed E-state index contributed by atoms with van der Waals surface area (Å²) >= 11 is 1.38. The van der Waals surface area contributed by atoms with E-state index in [1.54, 1.807) is 0 Å². The zero-order chi connectivity index (χ0) is 11.8. The van der Waals surface area contributed by atoms with Gasteiger partial charge < -0.3 is 9.47 Å². The van der Waals surface area contributed by atoms with E-state index in [0.717, 1.165) is 11.6 Å². The summed E-state index contributed by atoms with van der Waals surface area (Å²) in [6.45, 7) is 6.62. The van der Waals surface area contributed by atoms with Gasteiger partial charge in [0.15, 0.2) is 0 Å². The number of nitrogens with zero attached hydrogens (tertiary/aromatic N) is 2. The molecule has 0 amide bonds. The minimum atomic E-state index is 0.449. The lowest BCUT2D eigenvalue weighted by Crippen LogP contribution is -2.08. The molecule has 92 valence electrons. The van der Waals surface area contributed by atoms with E-state index < -0.39 is 0 Å². The van der Waals surface area contributed by atoms with Crippen molar-refractivity contribution in [3.05, 3.63) is 5.01 Å². The lowest BCUT2D eigenvalue weighted by molar-refractivity contribution is 0.0312. The van der Waals surface area contributed by atoms with Crippen LogP contribution in [0.15, 0.2) is 0 Å². The summed E-state index contributed by atoms with van der Waals surface area (Å²) in [4.78, 5) is 0. The number of nitrogens with one attached hydrogen (secondary N) is 1. The van der Waals surface area contributed by atoms with Crippen LogP contribution in [0.25, 0.3) is 0 Å². The van der Waals surface area contributed by atoms with Crippen LogP contribution in [0.5, 0.6) is 0 Å². The van der Waals surface area contributed by atoms with Crippen molar-refractivity contribution in [3.63, 3.8) is 0 Å². The summed E-state index contributed by atoms with van der Waals surface area (Å²) < 4.78 is 10.7. The van der Waals surface area contributed by atoms with Crippen LogP contribution >= 0.6 is 11.3 Å². The molecule has 6 nitrogen and oxygen atoms in total. The third-order valence-electron chi connectivity index (χ3n) is 1.64. The first-order valence-electron chi connectivity index (χ1n) is 5.17. The zero-order valence-electron chi connectivity index (χ0n) is 9.60. The van der Waals surface area contributed by atoms with E-state index in [-0.39, 0.29) is 0 Å². The fraction of sp³-hybridized carbons (Fsp3) is 0.778. The SMILES string of the molecule is CC(C)COCCOCc1nnc(NN)s1. The summed E-state index contributed by atoms with van der Waals surface area (Å²) in [5.74, 6) is 5.74. The molecule has 3 N–H and O–H groups in total. The van der Waals surface area contributed by atoms with Crippen LogP contribution in [0.2, 0.25) is 0 Å². The Labute approximate surface area is 99.1 Å². The first-order valence-corrected chi connectivity index (χ1v) is 5.98. The number of nitrogens with two attached hydrogens (primary N) is 1. The molecule has 1 aromatic heterocycles. The first kappa shape index (κ1) is 13.3. The smallest absolute Gasteiger partial charge is 0.219 e. The lowest BCUT2D eigenvalue weighted by Gasteiger charge is -2.06. The van der Waals surface area contributed by atoms with Crippen molar-refractivity contribution in [1.82, 2.24) is 10.2 Å². The Morgan fingerprint density at radius 2 is 2.06 bits per heavy atom. The number of hydrazine groups is 1. The van der Waals surface area contributed by atoms with E-state index in [1.807, 2.05) is 0 Å². The topological polar surface area (TPSA) is 82.3 Å². The fourth-order valence-corrected chi connectivity index (χ4v) is 1.55. The van der Waals surface area contributed by atoms with E-state index in [4.69, 9.17) is 15.3 Å². The molecule has 16 heavy (non-hydrogen) atoms. The van der Waals surface area contributed by atoms with Crippen molar-refractivity contribution in [2.24, 2.45) is 11.8 Å². The van der Waals surface area contributed by atoms with E-state index in [1.165, 1.54) is 11.3 Å². The maximum absolute atomic E-state index is 5.37. The van der Waals surface area contributed by atoms with Crippen LogP contribution in [0.3, 0.4) is 0 Å². The van der Waals surface area contributed by atoms with Crippen molar-refractivity contribution in [1.29, 1.82) is 0 Å². The Kier molecular flexibility index (Phi) is 6.24. The van der Waals surface area contributed by atoms with Gasteiger partial charge in [-0.1, -0.05) is 25.2 Å². The lowest BCUT2D eigenvalue weighted by atomic mass is 10.2. The summed E-state index contributed by atoms with van der Waals surface area (Å²) in [5.41, 5.74) is 2.44. The van der Waals surface area contributed by atoms with Gasteiger partial charge in [-0.05, 0) is 5.92 Å². The Morgan fingerprint density at radius 3 is 2.69 bits per heavy atom. The molecule has 0 radical (unpaired) electrons. The van der Waals surface area contributed by atoms with Gasteiger partial charge in [-0.15, -0.1) is 10.2 Å². The number of anilines is 1. The van der Waals surface area contributed by atoms with Crippen LogP contribution < -0.4 is 11.3 Å². The second kappa shape index (κ2) is 7.50. The van der Waals surface area contributed by atoms with Gasteiger partial charge in [0.05, 0.1) is 13.2 Å². The van der Waals surface area contributed by atoms with Crippen LogP contribution in [-0.2, 0) is 16.1 Å². The van der Waals surface area contributed by atoms with Gasteiger partial charge in [0.1, 0.15) is 11.6 Å². The Morgan fingerprint density at radius 1 is 1.31 bits per heavy atom. The monoisotopic (exact) mass is 246 g/mol. The van der Waals surface area contributed by atoms with Crippen LogP contribution in [-0.4, -0.2) is 30.0 Å². The highest BCUT2D eigenvalue weighted by molar-refractivity contribution is 7.15. The molecule has 0 aliphatic rings. The molecule has 1 heterocycles. The van der Waals surface area contributed by atoms with Crippen LogP contribution in [0.4, 0.5) is 5.13 Å². The number of hydrogen-bond acceptors (Lipinski definition) is 7. The third-order valence-corrected chi connectivity index (χ3v) is 2.47. The Balaban J connectivity index is 2.02. The molecule has 0 aliphatic heterocycles. The molecule has 0 aromatic carbocycles. The minimum Gasteiger partial charge on any atom is -0.379 e. The van der Waals surface area contributed by atoms with Gasteiger partial charge >= 0.3 is 0 Å². The number of nitrogen functional groups attached to an aromatic ring is 1. The molecule has 7 heteroatoms. The molecule has 0 bridgehead atoms. The molecule has 0 saturated heterocycles. The van der Waals surface area contributed by atoms with Crippen molar-refractivity contribution < 1.29 is 9.47 Å². The normalized spacial score (nSPS) is 11.0. The van der Waals surface area contributed by atoms with Gasteiger partial charge in [0.25, 0.3) is 0 Å². The number of ether oxygens (including phenoxy) is 2. The van der Waals surface area contributed by atoms with Crippen molar-refractivity contribution in [2.75, 3.05) is 25.2 Å². The van der Waals surface area contributed by atoms with Gasteiger partial charge in [0, 0.05) is 6.61 Å². The van der Waals surface area contributed by atoms with Crippen molar-refractivity contribution in [2.45, 2.75) is 20.5 Å². The molecular weight excluding hydrogens is 228 g/mol. The van der Waals surface area contributed by atoms with Gasteiger partial charge in [-0.3, -0.25) is 5.43 Å². The largest absolute Gasteiger partial charge is 0.379 e. The second-order valence-electron chi connectivity index (χ2n) is 3.67. The van der Waals surface area contributed by atoms with Gasteiger partial charge in [0.2, 0.25) is 5.13 Å². The summed E-state index contributed by atoms with van der Waals surface area (Å²) in [7, 11) is 0. The second-order valence-corrected chi connectivity index (χ2v) is 4.73. The molecule has 0 fully saturated rings. The van der Waals surface area contributed by atoms with E-state index in [2.05, 4.69) is 29.5 Å². The summed E-state index contributed by atoms with van der Waals surface area (Å²) in [6.07, 6.45) is 0. The Hall–Kier alpha value is -0.760. The standard InChI is InChI=1S/C9H18N4O2S/c1-7(2)5-14-3-4-15-6-8-12-13-9(11-10)16-8/h7H,3-6,10H2,1-2H3,(H,11,13). The molecule has 1 rings (SSSR count). The van der Waals surface area contributed by atoms with E-state index in [0.29, 0.717) is 30.9 Å². The quantitative estimate of drug-likeness (QED) is 0.405. The van der Waals surface area contributed by atoms with E-state index >= 15 is 0 Å². The molecule has 0 saturated carbocycles. The maximum Gasteiger partial charge on any atom is 0.219 e. The predicted octanol–water partition coefficient (Wildman–Crippen LogP) is 1.01. The molecular formula is C9H18N4O2S. The number of aromatic nitrogens is 2. The van der Waals surface area contributed by atoms with Gasteiger partial charge in [-0.2, -0.15) is 0 Å². The predicted molar refractivity (Wildman–Crippen MR) is 63.0 cm³/mol. The Bertz CT molecular complexity index is 293. The van der Waals surface area contributed by atoms with Crippen molar-refractivity contribution in [3.8, 4) is 0 Å². The third kappa shape index (κ3) is 5.36. The van der Waals surface area contributed by atoms with Crippen molar-refractivity contribution >= 4 is 16.5 Å². The molecule has 0 aliphatic carbocycles. The average molecular weight is 246 g/mol. The highest BCUT2D eigenvalue weighted by Crippen LogP contribution is 2.13. The van der Waals surface area contributed by atoms with Gasteiger partial charge in [-0.25, -0.2) is 5.84 Å². The maximum atomic E-state index is 5.37. The molecule has 0 atom stereocenters. The minimum absolute atomic E-state index is 0.449. The molecule has 0 unspecified atom stereocenters. The highest BCUT2D eigenvalue weighted by Gasteiger charge is 2.02. The fourth-order valence-electron chi connectivity index (χ4n) is 0.967. The summed E-state index contributed by atoms with van der Waals surface area (Å²) in [6, 6.07) is 0. The highest BCUT2D eigenvalue weighted by atomic mass is 32.1. The van der Waals surface area contributed by atoms with Crippen LogP contribution in [0.1, 0.15) is 18.9 Å². The number of hydrogen-bond donors (Lipinski definition) is 2. The molecule has 1 aromatic rings. The number of rotatable bonds is 8. The van der Waals surface area contributed by atoms with E-state index in [9.17, 15) is 0 Å². The zero-order valence-corrected chi connectivity index (χ0v) is 10.4. The molecule has 0 spiro atoms. The first-order chi connectivity index (χ1) is 7.72.